The normalized spacial score (nSPS) is 16.7. The summed E-state index contributed by atoms with van der Waals surface area (Å²) in [7, 11) is -2.14. The molecule has 25 heavy (non-hydrogen) atoms. The fourth-order valence-corrected chi connectivity index (χ4v) is 4.18. The monoisotopic (exact) mass is 366 g/mol. The van der Waals surface area contributed by atoms with Gasteiger partial charge in [-0.25, -0.2) is 17.5 Å². The fraction of sp³-hybridized carbons (Fsp3) is 0.412. The van der Waals surface area contributed by atoms with Crippen molar-refractivity contribution in [1.29, 1.82) is 0 Å². The van der Waals surface area contributed by atoms with Gasteiger partial charge >= 0.3 is 5.97 Å². The van der Waals surface area contributed by atoms with Crippen molar-refractivity contribution in [2.24, 2.45) is 0 Å². The van der Waals surface area contributed by atoms with Crippen LogP contribution in [0.15, 0.2) is 42.5 Å². The van der Waals surface area contributed by atoms with Crippen molar-refractivity contribution in [3.05, 3.63) is 48.0 Å². The number of benzene rings is 1. The van der Waals surface area contributed by atoms with Crippen molar-refractivity contribution in [3.63, 3.8) is 0 Å². The number of amides is 1. The van der Waals surface area contributed by atoms with E-state index >= 15 is 0 Å². The zero-order valence-electron chi connectivity index (χ0n) is 14.1. The topological polar surface area (TPSA) is 92.8 Å². The SMILES string of the molecule is COC(=O)/C=C/C(=O)NC1CCN(S(=O)(=O)Cc2ccccc2)CC1. The Kier molecular flexibility index (Phi) is 6.72. The fourth-order valence-electron chi connectivity index (χ4n) is 2.62. The highest BCUT2D eigenvalue weighted by atomic mass is 32.2. The molecule has 7 nitrogen and oxygen atoms in total. The van der Waals surface area contributed by atoms with Crippen LogP contribution in [0.5, 0.6) is 0 Å². The maximum atomic E-state index is 12.5. The van der Waals surface area contributed by atoms with Gasteiger partial charge in [-0.05, 0) is 18.4 Å². The van der Waals surface area contributed by atoms with Crippen LogP contribution in [0.2, 0.25) is 0 Å². The predicted octanol–water partition coefficient (Wildman–Crippen LogP) is 0.826. The number of esters is 1. The second kappa shape index (κ2) is 8.77. The first-order valence-corrected chi connectivity index (χ1v) is 9.60. The number of ether oxygens (including phenoxy) is 1. The number of sulfonamides is 1. The van der Waals surface area contributed by atoms with Crippen LogP contribution in [0.1, 0.15) is 18.4 Å². The molecule has 0 aliphatic carbocycles. The number of piperidine rings is 1. The third-order valence-corrected chi connectivity index (χ3v) is 5.81. The molecule has 0 radical (unpaired) electrons. The number of rotatable bonds is 6. The minimum atomic E-state index is -3.37. The van der Waals surface area contributed by atoms with E-state index in [1.807, 2.05) is 18.2 Å². The quantitative estimate of drug-likeness (QED) is 0.594. The lowest BCUT2D eigenvalue weighted by Gasteiger charge is -2.31. The highest BCUT2D eigenvalue weighted by Gasteiger charge is 2.28. The van der Waals surface area contributed by atoms with Gasteiger partial charge in [-0.2, -0.15) is 0 Å². The summed E-state index contributed by atoms with van der Waals surface area (Å²) in [5.74, 6) is -1.01. The van der Waals surface area contributed by atoms with Gasteiger partial charge in [-0.3, -0.25) is 4.79 Å². The van der Waals surface area contributed by atoms with Crippen LogP contribution in [0.4, 0.5) is 0 Å². The lowest BCUT2D eigenvalue weighted by molar-refractivity contribution is -0.135. The molecule has 0 unspecified atom stereocenters. The Morgan fingerprint density at radius 2 is 1.84 bits per heavy atom. The Bertz CT molecular complexity index is 723. The molecule has 1 heterocycles. The molecular weight excluding hydrogens is 344 g/mol. The van der Waals surface area contributed by atoms with Gasteiger partial charge in [0.15, 0.2) is 0 Å². The number of hydrogen-bond donors (Lipinski definition) is 1. The minimum absolute atomic E-state index is 0.0211. The van der Waals surface area contributed by atoms with E-state index in [9.17, 15) is 18.0 Å². The second-order valence-electron chi connectivity index (χ2n) is 5.78. The van der Waals surface area contributed by atoms with Gasteiger partial charge in [0.1, 0.15) is 0 Å². The van der Waals surface area contributed by atoms with Crippen LogP contribution in [0, 0.1) is 0 Å². The van der Waals surface area contributed by atoms with Crippen LogP contribution < -0.4 is 5.32 Å². The number of nitrogens with one attached hydrogen (secondary N) is 1. The number of carbonyl (C=O) groups is 2. The first kappa shape index (κ1) is 19.1. The zero-order valence-corrected chi connectivity index (χ0v) is 14.9. The van der Waals surface area contributed by atoms with Crippen molar-refractivity contribution in [1.82, 2.24) is 9.62 Å². The largest absolute Gasteiger partial charge is 0.466 e. The molecule has 0 atom stereocenters. The van der Waals surface area contributed by atoms with Crippen LogP contribution in [0.3, 0.4) is 0 Å². The number of nitrogens with zero attached hydrogens (tertiary/aromatic N) is 1. The Morgan fingerprint density at radius 3 is 2.44 bits per heavy atom. The zero-order chi connectivity index (χ0) is 18.3. The lowest BCUT2D eigenvalue weighted by atomic mass is 10.1. The average molecular weight is 366 g/mol. The molecule has 2 rings (SSSR count). The molecule has 1 fully saturated rings. The summed E-state index contributed by atoms with van der Waals surface area (Å²) in [4.78, 5) is 22.7. The van der Waals surface area contributed by atoms with E-state index in [2.05, 4.69) is 10.1 Å². The summed E-state index contributed by atoms with van der Waals surface area (Å²) in [6.07, 6.45) is 3.23. The highest BCUT2D eigenvalue weighted by Crippen LogP contribution is 2.17. The van der Waals surface area contributed by atoms with Gasteiger partial charge in [0.05, 0.1) is 12.9 Å². The van der Waals surface area contributed by atoms with E-state index in [1.54, 1.807) is 12.1 Å². The van der Waals surface area contributed by atoms with E-state index in [-0.39, 0.29) is 11.8 Å². The average Bonchev–Trinajstić information content (AvgIpc) is 2.60. The van der Waals surface area contributed by atoms with E-state index < -0.39 is 21.9 Å². The Balaban J connectivity index is 1.83. The summed E-state index contributed by atoms with van der Waals surface area (Å²) >= 11 is 0. The third kappa shape index (κ3) is 5.99. The minimum Gasteiger partial charge on any atom is -0.466 e. The second-order valence-corrected chi connectivity index (χ2v) is 7.75. The van der Waals surface area contributed by atoms with Gasteiger partial charge in [-0.15, -0.1) is 0 Å². The van der Waals surface area contributed by atoms with E-state index in [0.29, 0.717) is 25.9 Å². The summed E-state index contributed by atoms with van der Waals surface area (Å²) in [6, 6.07) is 8.94. The molecule has 0 spiro atoms. The van der Waals surface area contributed by atoms with Crippen molar-refractivity contribution in [3.8, 4) is 0 Å². The van der Waals surface area contributed by atoms with Crippen molar-refractivity contribution < 1.29 is 22.7 Å². The Morgan fingerprint density at radius 1 is 1.20 bits per heavy atom. The first-order chi connectivity index (χ1) is 11.9. The van der Waals surface area contributed by atoms with Crippen molar-refractivity contribution in [2.75, 3.05) is 20.2 Å². The molecule has 1 aromatic rings. The molecule has 1 aliphatic heterocycles. The molecule has 0 aromatic heterocycles. The number of methoxy groups -OCH3 is 1. The van der Waals surface area contributed by atoms with E-state index in [0.717, 1.165) is 17.7 Å². The Hall–Kier alpha value is -2.19. The van der Waals surface area contributed by atoms with Crippen LogP contribution >= 0.6 is 0 Å². The highest BCUT2D eigenvalue weighted by molar-refractivity contribution is 7.88. The van der Waals surface area contributed by atoms with Gasteiger partial charge in [0.25, 0.3) is 0 Å². The summed E-state index contributed by atoms with van der Waals surface area (Å²) in [6.45, 7) is 0.724. The standard InChI is InChI=1S/C17H22N2O5S/c1-24-17(21)8-7-16(20)18-15-9-11-19(12-10-15)25(22,23)13-14-5-3-2-4-6-14/h2-8,15H,9-13H2,1H3,(H,18,20)/b8-7+. The predicted molar refractivity (Wildman–Crippen MR) is 93.0 cm³/mol. The number of carbonyl (C=O) groups excluding carboxylic acids is 2. The van der Waals surface area contributed by atoms with Gasteiger partial charge in [-0.1, -0.05) is 30.3 Å². The van der Waals surface area contributed by atoms with Crippen LogP contribution in [-0.2, 0) is 30.1 Å². The molecule has 1 aromatic carbocycles. The van der Waals surface area contributed by atoms with E-state index in [4.69, 9.17) is 0 Å². The Labute approximate surface area is 147 Å². The number of hydrogen-bond acceptors (Lipinski definition) is 5. The van der Waals surface area contributed by atoms with Crippen molar-refractivity contribution >= 4 is 21.9 Å². The maximum Gasteiger partial charge on any atom is 0.330 e. The maximum absolute atomic E-state index is 12.5. The molecule has 136 valence electrons. The molecule has 1 aliphatic rings. The molecule has 0 saturated carbocycles. The summed E-state index contributed by atoms with van der Waals surface area (Å²) < 4.78 is 30.8. The molecule has 1 saturated heterocycles. The lowest BCUT2D eigenvalue weighted by Crippen LogP contribution is -2.46. The molecule has 0 bridgehead atoms. The summed E-state index contributed by atoms with van der Waals surface area (Å²) in [5, 5.41) is 2.77. The molecular formula is C17H22N2O5S. The molecule has 8 heteroatoms. The van der Waals surface area contributed by atoms with E-state index in [1.165, 1.54) is 11.4 Å². The van der Waals surface area contributed by atoms with Gasteiger partial charge in [0, 0.05) is 31.3 Å². The summed E-state index contributed by atoms with van der Waals surface area (Å²) in [5.41, 5.74) is 0.755. The van der Waals surface area contributed by atoms with Crippen LogP contribution in [0.25, 0.3) is 0 Å². The third-order valence-electron chi connectivity index (χ3n) is 3.96. The first-order valence-electron chi connectivity index (χ1n) is 7.99. The van der Waals surface area contributed by atoms with Crippen molar-refractivity contribution in [2.45, 2.75) is 24.6 Å². The van der Waals surface area contributed by atoms with Crippen LogP contribution in [-0.4, -0.2) is 50.8 Å². The molecule has 1 N–H and O–H groups in total. The smallest absolute Gasteiger partial charge is 0.330 e. The van der Waals surface area contributed by atoms with Gasteiger partial charge < -0.3 is 10.1 Å². The molecule has 1 amide bonds. The van der Waals surface area contributed by atoms with Gasteiger partial charge in [0.2, 0.25) is 15.9 Å².